The van der Waals surface area contributed by atoms with Crippen molar-refractivity contribution in [2.45, 2.75) is 32.3 Å². The maximum atomic E-state index is 13.3. The second kappa shape index (κ2) is 12.0. The van der Waals surface area contributed by atoms with E-state index in [1.165, 1.54) is 11.3 Å². The number of ether oxygens (including phenoxy) is 1. The van der Waals surface area contributed by atoms with Gasteiger partial charge in [0, 0.05) is 58.7 Å². The van der Waals surface area contributed by atoms with Crippen LogP contribution in [-0.2, 0) is 4.79 Å². The predicted octanol–water partition coefficient (Wildman–Crippen LogP) is 6.94. The van der Waals surface area contributed by atoms with Crippen LogP contribution >= 0.6 is 22.9 Å². The van der Waals surface area contributed by atoms with Gasteiger partial charge in [-0.3, -0.25) is 15.0 Å². The maximum absolute atomic E-state index is 13.3. The molecular weight excluding hydrogens is 544 g/mol. The maximum Gasteiger partial charge on any atom is 0.266 e. The number of rotatable bonds is 8. The number of carbonyl (C=O) groups excluding carboxylic acids is 2. The average Bonchev–Trinajstić information content (AvgIpc) is 3.46. The van der Waals surface area contributed by atoms with E-state index in [4.69, 9.17) is 16.3 Å². The van der Waals surface area contributed by atoms with Gasteiger partial charge in [-0.15, -0.1) is 11.3 Å². The number of thiazole rings is 1. The van der Waals surface area contributed by atoms with Crippen LogP contribution in [0.3, 0.4) is 0 Å². The Bertz CT molecular complexity index is 1510. The van der Waals surface area contributed by atoms with Gasteiger partial charge in [-0.05, 0) is 62.4 Å². The summed E-state index contributed by atoms with van der Waals surface area (Å²) >= 11 is 7.43. The smallest absolute Gasteiger partial charge is 0.266 e. The molecule has 0 unspecified atom stereocenters. The number of anilines is 1. The van der Waals surface area contributed by atoms with Crippen molar-refractivity contribution in [2.24, 2.45) is 5.10 Å². The van der Waals surface area contributed by atoms with E-state index in [0.29, 0.717) is 47.8 Å². The van der Waals surface area contributed by atoms with E-state index in [-0.39, 0.29) is 11.7 Å². The summed E-state index contributed by atoms with van der Waals surface area (Å²) in [5.74, 6) is 0.325. The molecule has 1 N–H and O–H groups in total. The van der Waals surface area contributed by atoms with Crippen LogP contribution < -0.4 is 10.2 Å². The zero-order valence-electron chi connectivity index (χ0n) is 22.3. The Hall–Kier alpha value is -4.01. The summed E-state index contributed by atoms with van der Waals surface area (Å²) in [5.41, 5.74) is 6.08. The molecule has 1 fully saturated rings. The van der Waals surface area contributed by atoms with Crippen LogP contribution in [0.25, 0.3) is 11.3 Å². The third-order valence-corrected chi connectivity index (χ3v) is 7.62. The van der Waals surface area contributed by atoms with Crippen molar-refractivity contribution in [3.05, 3.63) is 100 Å². The number of aromatic nitrogens is 1. The predicted molar refractivity (Wildman–Crippen MR) is 160 cm³/mol. The fourth-order valence-corrected chi connectivity index (χ4v) is 5.22. The number of carbonyl (C=O) groups is 2. The lowest BCUT2D eigenvalue weighted by Gasteiger charge is -2.34. The first-order valence-corrected chi connectivity index (χ1v) is 14.3. The lowest BCUT2D eigenvalue weighted by molar-refractivity contribution is -0.145. The molecule has 0 radical (unpaired) electrons. The van der Waals surface area contributed by atoms with Crippen LogP contribution in [0.4, 0.5) is 5.13 Å². The SMILES string of the molecule is CC(C)(Oc1ccc(C(=O)c2ccc(Cl)cc2)cc1)C(=O)N1CCC(=NNc2nc(-c3ccccc3)cs2)CC1. The van der Waals surface area contributed by atoms with E-state index in [1.54, 1.807) is 62.4 Å². The van der Waals surface area contributed by atoms with Gasteiger partial charge in [0.15, 0.2) is 11.4 Å². The van der Waals surface area contributed by atoms with Crippen molar-refractivity contribution in [3.63, 3.8) is 0 Å². The molecule has 4 aromatic rings. The van der Waals surface area contributed by atoms with E-state index < -0.39 is 5.60 Å². The minimum atomic E-state index is -1.07. The van der Waals surface area contributed by atoms with Crippen LogP contribution in [0.15, 0.2) is 89.3 Å². The molecule has 2 heterocycles. The number of halogens is 1. The van der Waals surface area contributed by atoms with E-state index in [1.807, 2.05) is 40.6 Å². The zero-order chi connectivity index (χ0) is 28.1. The summed E-state index contributed by atoms with van der Waals surface area (Å²) in [6.45, 7) is 4.65. The monoisotopic (exact) mass is 572 g/mol. The molecule has 1 aromatic heterocycles. The number of hydrogen-bond acceptors (Lipinski definition) is 7. The van der Waals surface area contributed by atoms with Crippen LogP contribution in [0, 0.1) is 0 Å². The lowest BCUT2D eigenvalue weighted by atomic mass is 10.0. The van der Waals surface area contributed by atoms with Crippen LogP contribution in [0.1, 0.15) is 42.6 Å². The molecule has 1 aliphatic heterocycles. The molecule has 0 atom stereocenters. The Morgan fingerprint density at radius 3 is 2.23 bits per heavy atom. The van der Waals surface area contributed by atoms with Crippen LogP contribution in [0.2, 0.25) is 5.02 Å². The largest absolute Gasteiger partial charge is 0.478 e. The fourth-order valence-electron chi connectivity index (χ4n) is 4.43. The Balaban J connectivity index is 1.13. The molecule has 5 rings (SSSR count). The molecule has 0 bridgehead atoms. The number of hydrogen-bond donors (Lipinski definition) is 1. The summed E-state index contributed by atoms with van der Waals surface area (Å²) in [4.78, 5) is 32.5. The zero-order valence-corrected chi connectivity index (χ0v) is 23.8. The quantitative estimate of drug-likeness (QED) is 0.183. The van der Waals surface area contributed by atoms with Crippen molar-refractivity contribution in [1.82, 2.24) is 9.88 Å². The first kappa shape index (κ1) is 27.6. The molecule has 1 saturated heterocycles. The van der Waals surface area contributed by atoms with Gasteiger partial charge in [0.2, 0.25) is 5.13 Å². The highest BCUT2D eigenvalue weighted by molar-refractivity contribution is 7.14. The molecule has 0 saturated carbocycles. The van der Waals surface area contributed by atoms with Gasteiger partial charge in [0.05, 0.1) is 5.69 Å². The number of piperidine rings is 1. The third-order valence-electron chi connectivity index (χ3n) is 6.62. The summed E-state index contributed by atoms with van der Waals surface area (Å²) in [6.07, 6.45) is 1.35. The number of nitrogens with zero attached hydrogens (tertiary/aromatic N) is 3. The molecule has 204 valence electrons. The van der Waals surface area contributed by atoms with E-state index >= 15 is 0 Å². The third kappa shape index (κ3) is 6.58. The number of amides is 1. The van der Waals surface area contributed by atoms with Crippen molar-refractivity contribution < 1.29 is 14.3 Å². The highest BCUT2D eigenvalue weighted by Gasteiger charge is 2.35. The molecule has 9 heteroatoms. The second-order valence-corrected chi connectivity index (χ2v) is 11.3. The van der Waals surface area contributed by atoms with Crippen molar-refractivity contribution in [1.29, 1.82) is 0 Å². The molecule has 3 aromatic carbocycles. The number of benzene rings is 3. The number of nitrogens with one attached hydrogen (secondary N) is 1. The average molecular weight is 573 g/mol. The number of ketones is 1. The highest BCUT2D eigenvalue weighted by atomic mass is 35.5. The molecular formula is C31H29ClN4O3S. The van der Waals surface area contributed by atoms with Gasteiger partial charge in [-0.2, -0.15) is 5.10 Å². The first-order valence-electron chi connectivity index (χ1n) is 13.0. The Morgan fingerprint density at radius 1 is 0.950 bits per heavy atom. The highest BCUT2D eigenvalue weighted by Crippen LogP contribution is 2.26. The first-order chi connectivity index (χ1) is 19.3. The van der Waals surface area contributed by atoms with Gasteiger partial charge in [0.25, 0.3) is 5.91 Å². The Morgan fingerprint density at radius 2 is 1.57 bits per heavy atom. The number of likely N-dealkylation sites (tertiary alicyclic amines) is 1. The minimum Gasteiger partial charge on any atom is -0.478 e. The van der Waals surface area contributed by atoms with Crippen molar-refractivity contribution >= 4 is 45.5 Å². The van der Waals surface area contributed by atoms with E-state index in [0.717, 1.165) is 22.1 Å². The number of hydrazone groups is 1. The summed E-state index contributed by atoms with van der Waals surface area (Å²) in [6, 6.07) is 23.6. The van der Waals surface area contributed by atoms with Crippen molar-refractivity contribution in [3.8, 4) is 17.0 Å². The Labute approximate surface area is 242 Å². The second-order valence-electron chi connectivity index (χ2n) is 9.96. The van der Waals surface area contributed by atoms with Crippen LogP contribution in [-0.4, -0.2) is 46.0 Å². The summed E-state index contributed by atoms with van der Waals surface area (Å²) in [7, 11) is 0. The topological polar surface area (TPSA) is 83.9 Å². The lowest BCUT2D eigenvalue weighted by Crippen LogP contribution is -2.51. The van der Waals surface area contributed by atoms with Gasteiger partial charge >= 0.3 is 0 Å². The summed E-state index contributed by atoms with van der Waals surface area (Å²) < 4.78 is 6.07. The standard InChI is InChI=1S/C31H29ClN4O3S/c1-31(2,39-26-14-10-23(11-15-26)28(37)22-8-12-24(32)13-9-22)29(38)36-18-16-25(17-19-36)34-35-30-33-27(20-40-30)21-6-4-3-5-7-21/h3-15,20H,16-19H2,1-2H3,(H,33,35). The van der Waals surface area contributed by atoms with E-state index in [2.05, 4.69) is 15.5 Å². The molecule has 1 aliphatic rings. The van der Waals surface area contributed by atoms with Gasteiger partial charge < -0.3 is 9.64 Å². The molecule has 0 spiro atoms. The fraction of sp³-hybridized carbons (Fsp3) is 0.226. The van der Waals surface area contributed by atoms with Gasteiger partial charge in [-0.1, -0.05) is 41.9 Å². The van der Waals surface area contributed by atoms with Gasteiger partial charge in [-0.25, -0.2) is 4.98 Å². The van der Waals surface area contributed by atoms with E-state index in [9.17, 15) is 9.59 Å². The Kier molecular flexibility index (Phi) is 8.28. The van der Waals surface area contributed by atoms with Gasteiger partial charge in [0.1, 0.15) is 5.75 Å². The molecule has 1 amide bonds. The molecule has 0 aliphatic carbocycles. The summed E-state index contributed by atoms with van der Waals surface area (Å²) in [5, 5.41) is 7.86. The van der Waals surface area contributed by atoms with Crippen LogP contribution in [0.5, 0.6) is 5.75 Å². The molecule has 7 nitrogen and oxygen atoms in total. The molecule has 40 heavy (non-hydrogen) atoms. The minimum absolute atomic E-state index is 0.0896. The van der Waals surface area contributed by atoms with Crippen molar-refractivity contribution in [2.75, 3.05) is 18.5 Å². The normalized spacial score (nSPS) is 13.6.